The second kappa shape index (κ2) is 10.7. The van der Waals surface area contributed by atoms with Crippen molar-refractivity contribution in [2.24, 2.45) is 0 Å². The van der Waals surface area contributed by atoms with E-state index in [0.717, 1.165) is 74.7 Å². The average Bonchev–Trinajstić information content (AvgIpc) is 3.45. The lowest BCUT2D eigenvalue weighted by molar-refractivity contribution is 0.00493. The summed E-state index contributed by atoms with van der Waals surface area (Å²) in [5.41, 5.74) is 2.76. The zero-order valence-corrected chi connectivity index (χ0v) is 20.7. The summed E-state index contributed by atoms with van der Waals surface area (Å²) in [6.07, 6.45) is 9.41. The number of hydrogen-bond donors (Lipinski definition) is 0. The van der Waals surface area contributed by atoms with Gasteiger partial charge in [-0.3, -0.25) is 14.7 Å². The molecule has 1 saturated carbocycles. The van der Waals surface area contributed by atoms with Gasteiger partial charge in [-0.2, -0.15) is 5.26 Å². The molecule has 7 heteroatoms. The highest BCUT2D eigenvalue weighted by molar-refractivity contribution is 5.97. The number of rotatable bonds is 7. The number of nitrogens with zero attached hydrogens (tertiary/aromatic N) is 4. The van der Waals surface area contributed by atoms with Crippen molar-refractivity contribution in [2.45, 2.75) is 43.6 Å². The van der Waals surface area contributed by atoms with Crippen molar-refractivity contribution in [1.82, 2.24) is 14.5 Å². The van der Waals surface area contributed by atoms with Gasteiger partial charge in [0.25, 0.3) is 0 Å². The van der Waals surface area contributed by atoms with Crippen LogP contribution in [0.25, 0.3) is 5.69 Å². The highest BCUT2D eigenvalue weighted by atomic mass is 16.5. The van der Waals surface area contributed by atoms with Gasteiger partial charge >= 0.3 is 0 Å². The first-order valence-corrected chi connectivity index (χ1v) is 12.6. The molecule has 2 aliphatic rings. The Morgan fingerprint density at radius 2 is 1.89 bits per heavy atom. The highest BCUT2D eigenvalue weighted by Crippen LogP contribution is 2.39. The second-order valence-electron chi connectivity index (χ2n) is 9.73. The standard InChI is InChI=1S/C29H32N4O3/c1-35-26-5-3-24(4-6-26)33-13-10-23(20-33)27(34)18-22-2-7-28(31-19-22)29(21-30)11-8-25(9-12-29)32-14-16-36-17-15-32/h2-7,10,13,19-20,25H,8-9,11-12,14-18H2,1H3. The fourth-order valence-corrected chi connectivity index (χ4v) is 5.40. The fraction of sp³-hybridized carbons (Fsp3) is 0.414. The molecule has 7 nitrogen and oxygen atoms in total. The fourth-order valence-electron chi connectivity index (χ4n) is 5.40. The largest absolute Gasteiger partial charge is 0.497 e. The summed E-state index contributed by atoms with van der Waals surface area (Å²) in [6, 6.07) is 16.5. The van der Waals surface area contributed by atoms with Crippen LogP contribution in [0.4, 0.5) is 0 Å². The maximum atomic E-state index is 12.9. The van der Waals surface area contributed by atoms with E-state index < -0.39 is 5.41 Å². The number of ether oxygens (including phenoxy) is 2. The summed E-state index contributed by atoms with van der Waals surface area (Å²) in [5, 5.41) is 10.1. The Bertz CT molecular complexity index is 1210. The van der Waals surface area contributed by atoms with Crippen LogP contribution in [-0.2, 0) is 16.6 Å². The molecule has 186 valence electrons. The molecule has 0 N–H and O–H groups in total. The van der Waals surface area contributed by atoms with Crippen LogP contribution >= 0.6 is 0 Å². The Balaban J connectivity index is 1.21. The molecule has 0 bridgehead atoms. The van der Waals surface area contributed by atoms with Crippen LogP contribution < -0.4 is 4.74 Å². The number of hydrogen-bond acceptors (Lipinski definition) is 6. The van der Waals surface area contributed by atoms with Crippen LogP contribution in [0.1, 0.15) is 47.3 Å². The highest BCUT2D eigenvalue weighted by Gasteiger charge is 2.40. The lowest BCUT2D eigenvalue weighted by atomic mass is 9.71. The minimum absolute atomic E-state index is 0.0397. The Morgan fingerprint density at radius 1 is 1.14 bits per heavy atom. The minimum atomic E-state index is -0.541. The van der Waals surface area contributed by atoms with Crippen molar-refractivity contribution in [3.8, 4) is 17.5 Å². The Morgan fingerprint density at radius 3 is 2.53 bits per heavy atom. The van der Waals surface area contributed by atoms with E-state index in [4.69, 9.17) is 9.47 Å². The molecule has 5 rings (SSSR count). The first kappa shape index (κ1) is 24.2. The van der Waals surface area contributed by atoms with Crippen molar-refractivity contribution >= 4 is 5.78 Å². The normalized spacial score (nSPS) is 22.6. The number of methoxy groups -OCH3 is 1. The molecule has 1 saturated heterocycles. The Kier molecular flexibility index (Phi) is 7.17. The number of nitriles is 1. The zero-order valence-electron chi connectivity index (χ0n) is 20.7. The van der Waals surface area contributed by atoms with Crippen LogP contribution in [-0.4, -0.2) is 59.7 Å². The van der Waals surface area contributed by atoms with Gasteiger partial charge in [0.05, 0.1) is 37.5 Å². The molecule has 1 aliphatic carbocycles. The molecule has 1 aromatic carbocycles. The maximum Gasteiger partial charge on any atom is 0.168 e. The van der Waals surface area contributed by atoms with E-state index in [1.807, 2.05) is 59.4 Å². The quantitative estimate of drug-likeness (QED) is 0.464. The number of morpholine rings is 1. The smallest absolute Gasteiger partial charge is 0.168 e. The van der Waals surface area contributed by atoms with Crippen molar-refractivity contribution in [3.05, 3.63) is 77.9 Å². The molecule has 36 heavy (non-hydrogen) atoms. The van der Waals surface area contributed by atoms with E-state index in [-0.39, 0.29) is 12.2 Å². The van der Waals surface area contributed by atoms with E-state index in [9.17, 15) is 10.1 Å². The van der Waals surface area contributed by atoms with E-state index >= 15 is 0 Å². The molecule has 2 aromatic heterocycles. The summed E-state index contributed by atoms with van der Waals surface area (Å²) in [5.74, 6) is 0.833. The van der Waals surface area contributed by atoms with Gasteiger partial charge in [-0.1, -0.05) is 6.07 Å². The van der Waals surface area contributed by atoms with E-state index in [1.165, 1.54) is 0 Å². The molecule has 0 unspecified atom stereocenters. The Hall–Kier alpha value is -3.47. The molecule has 2 fully saturated rings. The molecular weight excluding hydrogens is 452 g/mol. The number of carbonyl (C=O) groups is 1. The summed E-state index contributed by atoms with van der Waals surface area (Å²) in [6.45, 7) is 3.56. The first-order chi connectivity index (χ1) is 17.6. The van der Waals surface area contributed by atoms with Gasteiger partial charge in [0.1, 0.15) is 5.75 Å². The molecule has 3 heterocycles. The summed E-state index contributed by atoms with van der Waals surface area (Å²) < 4.78 is 12.6. The van der Waals surface area contributed by atoms with Crippen LogP contribution in [0, 0.1) is 11.3 Å². The number of ketones is 1. The third-order valence-electron chi connectivity index (χ3n) is 7.65. The van der Waals surface area contributed by atoms with Gasteiger partial charge in [-0.25, -0.2) is 0 Å². The van der Waals surface area contributed by atoms with Crippen molar-refractivity contribution in [1.29, 1.82) is 5.26 Å². The predicted octanol–water partition coefficient (Wildman–Crippen LogP) is 4.34. The van der Waals surface area contributed by atoms with Crippen LogP contribution in [0.5, 0.6) is 5.75 Å². The van der Waals surface area contributed by atoms with Gasteiger partial charge in [-0.05, 0) is 67.6 Å². The van der Waals surface area contributed by atoms with Gasteiger partial charge in [0, 0.05) is 55.4 Å². The topological polar surface area (TPSA) is 80.4 Å². The summed E-state index contributed by atoms with van der Waals surface area (Å²) >= 11 is 0. The van der Waals surface area contributed by atoms with Crippen LogP contribution in [0.3, 0.4) is 0 Å². The maximum absolute atomic E-state index is 12.9. The summed E-state index contributed by atoms with van der Waals surface area (Å²) in [4.78, 5) is 20.1. The van der Waals surface area contributed by atoms with Gasteiger partial charge in [0.15, 0.2) is 5.78 Å². The number of aromatic nitrogens is 2. The molecule has 0 amide bonds. The molecule has 0 spiro atoms. The van der Waals surface area contributed by atoms with E-state index in [2.05, 4.69) is 16.0 Å². The van der Waals surface area contributed by atoms with E-state index in [0.29, 0.717) is 11.6 Å². The molecule has 0 radical (unpaired) electrons. The van der Waals surface area contributed by atoms with Crippen molar-refractivity contribution in [2.75, 3.05) is 33.4 Å². The third kappa shape index (κ3) is 5.06. The van der Waals surface area contributed by atoms with Gasteiger partial charge in [-0.15, -0.1) is 0 Å². The SMILES string of the molecule is COc1ccc(-n2ccc(C(=O)Cc3ccc(C4(C#N)CCC(N5CCOCC5)CC4)nc3)c2)cc1. The lowest BCUT2D eigenvalue weighted by Gasteiger charge is -2.41. The third-order valence-corrected chi connectivity index (χ3v) is 7.65. The Labute approximate surface area is 212 Å². The molecule has 1 aliphatic heterocycles. The number of pyridine rings is 1. The minimum Gasteiger partial charge on any atom is -0.497 e. The van der Waals surface area contributed by atoms with Gasteiger partial charge in [0.2, 0.25) is 0 Å². The van der Waals surface area contributed by atoms with Crippen LogP contribution in [0.15, 0.2) is 61.1 Å². The first-order valence-electron chi connectivity index (χ1n) is 12.6. The number of benzene rings is 1. The summed E-state index contributed by atoms with van der Waals surface area (Å²) in [7, 11) is 1.64. The zero-order chi connectivity index (χ0) is 25.0. The molecule has 0 atom stereocenters. The second-order valence-corrected chi connectivity index (χ2v) is 9.73. The van der Waals surface area contributed by atoms with Crippen molar-refractivity contribution in [3.63, 3.8) is 0 Å². The van der Waals surface area contributed by atoms with Crippen LogP contribution in [0.2, 0.25) is 0 Å². The average molecular weight is 485 g/mol. The van der Waals surface area contributed by atoms with E-state index in [1.54, 1.807) is 13.3 Å². The predicted molar refractivity (Wildman–Crippen MR) is 137 cm³/mol. The lowest BCUT2D eigenvalue weighted by Crippen LogP contribution is -2.47. The molecular formula is C29H32N4O3. The number of carbonyl (C=O) groups excluding carboxylic acids is 1. The van der Waals surface area contributed by atoms with Gasteiger partial charge < -0.3 is 14.0 Å². The number of Topliss-reactive ketones (excluding diaryl/α,β-unsaturated/α-hetero) is 1. The molecule has 3 aromatic rings. The monoisotopic (exact) mass is 484 g/mol. The van der Waals surface area contributed by atoms with Crippen molar-refractivity contribution < 1.29 is 14.3 Å².